The summed E-state index contributed by atoms with van der Waals surface area (Å²) < 4.78 is 6.88. The highest BCUT2D eigenvalue weighted by molar-refractivity contribution is 7.17. The molecule has 4 heterocycles. The number of furan rings is 1. The quantitative estimate of drug-likeness (QED) is 0.482. The SMILES string of the molecule is C[C@@H]1CCCN([C@H](c2ccccc2Cl)c2sc3nc(-c4ccco4)nn3c2O)C1. The monoisotopic (exact) mass is 428 g/mol. The molecule has 3 aromatic heterocycles. The molecule has 0 saturated carbocycles. The van der Waals surface area contributed by atoms with E-state index in [1.807, 2.05) is 24.3 Å². The van der Waals surface area contributed by atoms with Crippen LogP contribution in [0, 0.1) is 5.92 Å². The highest BCUT2D eigenvalue weighted by Crippen LogP contribution is 2.43. The highest BCUT2D eigenvalue weighted by Gasteiger charge is 2.33. The van der Waals surface area contributed by atoms with Crippen molar-refractivity contribution in [3.8, 4) is 17.5 Å². The molecular formula is C21H21ClN4O2S. The maximum Gasteiger partial charge on any atom is 0.230 e. The van der Waals surface area contributed by atoms with Crippen LogP contribution in [0.2, 0.25) is 5.02 Å². The first-order valence-corrected chi connectivity index (χ1v) is 10.9. The lowest BCUT2D eigenvalue weighted by Gasteiger charge is -2.37. The van der Waals surface area contributed by atoms with E-state index in [1.165, 1.54) is 22.3 Å². The van der Waals surface area contributed by atoms with Gasteiger partial charge in [-0.3, -0.25) is 4.90 Å². The van der Waals surface area contributed by atoms with Crippen LogP contribution in [0.1, 0.15) is 36.2 Å². The van der Waals surface area contributed by atoms with E-state index in [1.54, 1.807) is 18.4 Å². The fraction of sp³-hybridized carbons (Fsp3) is 0.333. The molecule has 0 unspecified atom stereocenters. The number of aromatic nitrogens is 3. The van der Waals surface area contributed by atoms with E-state index in [-0.39, 0.29) is 11.9 Å². The lowest BCUT2D eigenvalue weighted by Crippen LogP contribution is -2.37. The second-order valence-corrected chi connectivity index (χ2v) is 8.98. The van der Waals surface area contributed by atoms with Crippen LogP contribution in [-0.4, -0.2) is 37.7 Å². The molecule has 0 bridgehead atoms. The van der Waals surface area contributed by atoms with Gasteiger partial charge >= 0.3 is 0 Å². The van der Waals surface area contributed by atoms with Crippen molar-refractivity contribution < 1.29 is 9.52 Å². The number of halogens is 1. The van der Waals surface area contributed by atoms with Crippen molar-refractivity contribution in [3.63, 3.8) is 0 Å². The zero-order valence-electron chi connectivity index (χ0n) is 16.0. The van der Waals surface area contributed by atoms with Gasteiger partial charge in [0.1, 0.15) is 0 Å². The summed E-state index contributed by atoms with van der Waals surface area (Å²) in [5.41, 5.74) is 0.995. The third-order valence-electron chi connectivity index (χ3n) is 5.44. The predicted molar refractivity (Wildman–Crippen MR) is 113 cm³/mol. The molecule has 1 aliphatic rings. The van der Waals surface area contributed by atoms with E-state index in [0.29, 0.717) is 27.5 Å². The number of aromatic hydroxyl groups is 1. The smallest absolute Gasteiger partial charge is 0.230 e. The minimum atomic E-state index is -0.132. The van der Waals surface area contributed by atoms with Crippen LogP contribution in [0.25, 0.3) is 16.5 Å². The predicted octanol–water partition coefficient (Wildman–Crippen LogP) is 5.23. The van der Waals surface area contributed by atoms with Crippen molar-refractivity contribution in [3.05, 3.63) is 58.1 Å². The number of likely N-dealkylation sites (tertiary alicyclic amines) is 1. The molecule has 0 aliphatic carbocycles. The maximum atomic E-state index is 11.1. The van der Waals surface area contributed by atoms with E-state index in [0.717, 1.165) is 30.0 Å². The van der Waals surface area contributed by atoms with Gasteiger partial charge in [-0.2, -0.15) is 9.50 Å². The average molecular weight is 429 g/mol. The van der Waals surface area contributed by atoms with Crippen LogP contribution in [0.5, 0.6) is 5.88 Å². The topological polar surface area (TPSA) is 66.8 Å². The molecule has 29 heavy (non-hydrogen) atoms. The molecular weight excluding hydrogens is 408 g/mol. The molecule has 0 spiro atoms. The summed E-state index contributed by atoms with van der Waals surface area (Å²) in [5.74, 6) is 1.75. The van der Waals surface area contributed by atoms with Crippen molar-refractivity contribution in [2.45, 2.75) is 25.8 Å². The number of thiazole rings is 1. The summed E-state index contributed by atoms with van der Waals surface area (Å²) in [6.45, 7) is 4.19. The zero-order chi connectivity index (χ0) is 20.0. The first-order chi connectivity index (χ1) is 14.1. The van der Waals surface area contributed by atoms with Crippen molar-refractivity contribution >= 4 is 27.9 Å². The lowest BCUT2D eigenvalue weighted by atomic mass is 9.95. The first kappa shape index (κ1) is 18.7. The molecule has 1 aromatic carbocycles. The van der Waals surface area contributed by atoms with Gasteiger partial charge in [0.2, 0.25) is 16.7 Å². The number of piperidine rings is 1. The van der Waals surface area contributed by atoms with Crippen molar-refractivity contribution in [2.75, 3.05) is 13.1 Å². The maximum absolute atomic E-state index is 11.1. The fourth-order valence-electron chi connectivity index (χ4n) is 4.10. The molecule has 6 nitrogen and oxygen atoms in total. The van der Waals surface area contributed by atoms with Crippen LogP contribution < -0.4 is 0 Å². The Morgan fingerprint density at radius 2 is 2.14 bits per heavy atom. The molecule has 0 radical (unpaired) electrons. The highest BCUT2D eigenvalue weighted by atomic mass is 35.5. The number of benzene rings is 1. The minimum Gasteiger partial charge on any atom is -0.492 e. The van der Waals surface area contributed by atoms with E-state index in [9.17, 15) is 5.11 Å². The molecule has 5 rings (SSSR count). The molecule has 150 valence electrons. The summed E-state index contributed by atoms with van der Waals surface area (Å²) in [5, 5.41) is 16.2. The van der Waals surface area contributed by atoms with Crippen LogP contribution in [-0.2, 0) is 0 Å². The van der Waals surface area contributed by atoms with Crippen molar-refractivity contribution in [2.24, 2.45) is 5.92 Å². The van der Waals surface area contributed by atoms with Gasteiger partial charge in [0.25, 0.3) is 0 Å². The molecule has 4 aromatic rings. The van der Waals surface area contributed by atoms with Gasteiger partial charge in [-0.05, 0) is 49.1 Å². The average Bonchev–Trinajstić information content (AvgIpc) is 3.43. The number of rotatable bonds is 4. The van der Waals surface area contributed by atoms with E-state index in [2.05, 4.69) is 21.9 Å². The zero-order valence-corrected chi connectivity index (χ0v) is 17.5. The largest absolute Gasteiger partial charge is 0.492 e. The Morgan fingerprint density at radius 1 is 1.28 bits per heavy atom. The Kier molecular flexibility index (Phi) is 4.81. The van der Waals surface area contributed by atoms with Crippen LogP contribution in [0.15, 0.2) is 47.1 Å². The molecule has 2 atom stereocenters. The van der Waals surface area contributed by atoms with Gasteiger partial charge in [0.15, 0.2) is 5.76 Å². The molecule has 1 saturated heterocycles. The number of fused-ring (bicyclic) bond motifs is 1. The Hall–Kier alpha value is -2.35. The van der Waals surface area contributed by atoms with E-state index >= 15 is 0 Å². The van der Waals surface area contributed by atoms with Crippen molar-refractivity contribution in [1.29, 1.82) is 0 Å². The molecule has 8 heteroatoms. The van der Waals surface area contributed by atoms with E-state index in [4.69, 9.17) is 16.0 Å². The molecule has 1 aliphatic heterocycles. The second kappa shape index (κ2) is 7.48. The van der Waals surface area contributed by atoms with Gasteiger partial charge in [0, 0.05) is 11.6 Å². The van der Waals surface area contributed by atoms with Crippen LogP contribution in [0.3, 0.4) is 0 Å². The standard InChI is InChI=1S/C21H21ClN4O2S/c1-13-6-4-10-25(12-13)17(14-7-2-3-8-15(14)22)18-20(27)26-21(29-18)23-19(24-26)16-9-5-11-28-16/h2-3,5,7-9,11,13,17,27H,4,6,10,12H2,1H3/t13-,17-/m1/s1. The van der Waals surface area contributed by atoms with Gasteiger partial charge in [-0.1, -0.05) is 48.1 Å². The van der Waals surface area contributed by atoms with Crippen LogP contribution in [0.4, 0.5) is 0 Å². The summed E-state index contributed by atoms with van der Waals surface area (Å²) in [6, 6.07) is 11.3. The summed E-state index contributed by atoms with van der Waals surface area (Å²) in [4.78, 5) is 8.41. The van der Waals surface area contributed by atoms with Crippen molar-refractivity contribution in [1.82, 2.24) is 19.5 Å². The Balaban J connectivity index is 1.62. The molecule has 0 amide bonds. The fourth-order valence-corrected chi connectivity index (χ4v) is 5.45. The summed E-state index contributed by atoms with van der Waals surface area (Å²) >= 11 is 8.03. The van der Waals surface area contributed by atoms with E-state index < -0.39 is 0 Å². The van der Waals surface area contributed by atoms with Crippen LogP contribution >= 0.6 is 22.9 Å². The summed E-state index contributed by atoms with van der Waals surface area (Å²) in [7, 11) is 0. The van der Waals surface area contributed by atoms with Gasteiger partial charge in [0.05, 0.1) is 17.2 Å². The Bertz CT molecular complexity index is 1140. The first-order valence-electron chi connectivity index (χ1n) is 9.72. The number of nitrogens with zero attached hydrogens (tertiary/aromatic N) is 4. The molecule has 1 N–H and O–H groups in total. The third kappa shape index (κ3) is 3.33. The minimum absolute atomic E-state index is 0.110. The normalized spacial score (nSPS) is 19.0. The third-order valence-corrected chi connectivity index (χ3v) is 6.86. The lowest BCUT2D eigenvalue weighted by molar-refractivity contribution is 0.149. The van der Waals surface area contributed by atoms with Gasteiger partial charge in [-0.15, -0.1) is 5.10 Å². The van der Waals surface area contributed by atoms with Gasteiger partial charge in [-0.25, -0.2) is 0 Å². The second-order valence-electron chi connectivity index (χ2n) is 7.56. The summed E-state index contributed by atoms with van der Waals surface area (Å²) in [6.07, 6.45) is 3.94. The number of hydrogen-bond donors (Lipinski definition) is 1. The van der Waals surface area contributed by atoms with Gasteiger partial charge < -0.3 is 9.52 Å². The molecule has 1 fully saturated rings. The Labute approximate surface area is 177 Å². The Morgan fingerprint density at radius 3 is 2.86 bits per heavy atom. The number of hydrogen-bond acceptors (Lipinski definition) is 6.